The van der Waals surface area contributed by atoms with Gasteiger partial charge in [0.05, 0.1) is 6.21 Å². The van der Waals surface area contributed by atoms with Crippen molar-refractivity contribution in [1.29, 1.82) is 0 Å². The molecule has 108 valence electrons. The van der Waals surface area contributed by atoms with Gasteiger partial charge in [0.1, 0.15) is 11.6 Å². The summed E-state index contributed by atoms with van der Waals surface area (Å²) in [6, 6.07) is 13.2. The third-order valence-electron chi connectivity index (χ3n) is 2.44. The Bertz CT molecular complexity index is 644. The Hall–Kier alpha value is -1.96. The number of hydrogen-bond acceptors (Lipinski definition) is 3. The smallest absolute Gasteiger partial charge is 0.277 e. The molecule has 0 heterocycles. The van der Waals surface area contributed by atoms with E-state index in [9.17, 15) is 9.18 Å². The van der Waals surface area contributed by atoms with E-state index in [2.05, 4.69) is 33.1 Å². The molecule has 2 aromatic rings. The second-order valence-corrected chi connectivity index (χ2v) is 5.34. The molecule has 0 saturated heterocycles. The number of hydrazone groups is 1. The first-order chi connectivity index (χ1) is 10.1. The zero-order valence-electron chi connectivity index (χ0n) is 10.9. The minimum Gasteiger partial charge on any atom is -0.484 e. The van der Waals surface area contributed by atoms with Crippen LogP contribution in [0.4, 0.5) is 4.39 Å². The highest BCUT2D eigenvalue weighted by Gasteiger charge is 2.01. The molecule has 6 heteroatoms. The molecule has 0 aromatic heterocycles. The minimum absolute atomic E-state index is 0.138. The van der Waals surface area contributed by atoms with Gasteiger partial charge < -0.3 is 4.74 Å². The van der Waals surface area contributed by atoms with Gasteiger partial charge in [-0.05, 0) is 64.6 Å². The van der Waals surface area contributed by atoms with Crippen molar-refractivity contribution < 1.29 is 13.9 Å². The number of amides is 1. The molecule has 0 aliphatic heterocycles. The van der Waals surface area contributed by atoms with Gasteiger partial charge in [0.15, 0.2) is 6.61 Å². The van der Waals surface area contributed by atoms with Crippen LogP contribution in [0.3, 0.4) is 0 Å². The maximum absolute atomic E-state index is 12.9. The fourth-order valence-corrected chi connectivity index (χ4v) is 1.84. The van der Waals surface area contributed by atoms with E-state index >= 15 is 0 Å². The van der Waals surface area contributed by atoms with Crippen molar-refractivity contribution in [2.24, 2.45) is 5.10 Å². The Balaban J connectivity index is 1.78. The lowest BCUT2D eigenvalue weighted by Crippen LogP contribution is -2.24. The SMILES string of the molecule is O=C(COc1ccc(I)cc1)N/N=C/c1cccc(F)c1. The number of nitrogens with one attached hydrogen (secondary N) is 1. The molecule has 2 rings (SSSR count). The summed E-state index contributed by atoms with van der Waals surface area (Å²) in [4.78, 5) is 11.5. The summed E-state index contributed by atoms with van der Waals surface area (Å²) in [6.07, 6.45) is 1.37. The Morgan fingerprint density at radius 3 is 2.76 bits per heavy atom. The van der Waals surface area contributed by atoms with Crippen LogP contribution in [-0.2, 0) is 4.79 Å². The predicted octanol–water partition coefficient (Wildman–Crippen LogP) is 2.96. The Labute approximate surface area is 135 Å². The number of carbonyl (C=O) groups excluding carboxylic acids is 1. The van der Waals surface area contributed by atoms with Crippen molar-refractivity contribution in [3.63, 3.8) is 0 Å². The molecule has 0 radical (unpaired) electrons. The van der Waals surface area contributed by atoms with Crippen LogP contribution in [0.1, 0.15) is 5.56 Å². The number of nitrogens with zero attached hydrogens (tertiary/aromatic N) is 1. The minimum atomic E-state index is -0.388. The van der Waals surface area contributed by atoms with Gasteiger partial charge in [-0.2, -0.15) is 5.10 Å². The molecule has 0 saturated carbocycles. The molecule has 0 unspecified atom stereocenters. The Morgan fingerprint density at radius 2 is 2.05 bits per heavy atom. The molecule has 1 amide bonds. The van der Waals surface area contributed by atoms with Crippen molar-refractivity contribution in [3.05, 3.63) is 63.5 Å². The summed E-state index contributed by atoms with van der Waals surface area (Å²) in [6.45, 7) is -0.138. The fourth-order valence-electron chi connectivity index (χ4n) is 1.48. The van der Waals surface area contributed by atoms with Crippen LogP contribution < -0.4 is 10.2 Å². The number of halogens is 2. The quantitative estimate of drug-likeness (QED) is 0.479. The van der Waals surface area contributed by atoms with E-state index in [1.807, 2.05) is 12.1 Å². The molecular weight excluding hydrogens is 386 g/mol. The van der Waals surface area contributed by atoms with E-state index in [1.54, 1.807) is 24.3 Å². The maximum Gasteiger partial charge on any atom is 0.277 e. The summed E-state index contributed by atoms with van der Waals surface area (Å²) >= 11 is 2.18. The zero-order valence-corrected chi connectivity index (χ0v) is 13.1. The summed E-state index contributed by atoms with van der Waals surface area (Å²) in [7, 11) is 0. The molecule has 0 spiro atoms. The van der Waals surface area contributed by atoms with E-state index in [0.29, 0.717) is 11.3 Å². The third kappa shape index (κ3) is 5.50. The highest BCUT2D eigenvalue weighted by molar-refractivity contribution is 14.1. The van der Waals surface area contributed by atoms with Crippen LogP contribution >= 0.6 is 22.6 Å². The largest absolute Gasteiger partial charge is 0.484 e. The second kappa shape index (κ2) is 7.72. The molecule has 2 aromatic carbocycles. The molecule has 0 aliphatic rings. The summed E-state index contributed by atoms with van der Waals surface area (Å²) in [5.41, 5.74) is 2.88. The van der Waals surface area contributed by atoms with Gasteiger partial charge in [0, 0.05) is 3.57 Å². The Kier molecular flexibility index (Phi) is 5.68. The van der Waals surface area contributed by atoms with Gasteiger partial charge >= 0.3 is 0 Å². The lowest BCUT2D eigenvalue weighted by molar-refractivity contribution is -0.123. The molecule has 21 heavy (non-hydrogen) atoms. The maximum atomic E-state index is 12.9. The lowest BCUT2D eigenvalue weighted by Gasteiger charge is -2.04. The molecule has 0 aliphatic carbocycles. The number of ether oxygens (including phenoxy) is 1. The van der Waals surface area contributed by atoms with Crippen molar-refractivity contribution in [3.8, 4) is 5.75 Å². The monoisotopic (exact) mass is 398 g/mol. The average Bonchev–Trinajstić information content (AvgIpc) is 2.47. The molecule has 0 atom stereocenters. The Morgan fingerprint density at radius 1 is 1.29 bits per heavy atom. The van der Waals surface area contributed by atoms with E-state index in [-0.39, 0.29) is 18.3 Å². The van der Waals surface area contributed by atoms with Gasteiger partial charge in [0.25, 0.3) is 5.91 Å². The summed E-state index contributed by atoms with van der Waals surface area (Å²) < 4.78 is 19.3. The average molecular weight is 398 g/mol. The second-order valence-electron chi connectivity index (χ2n) is 4.09. The van der Waals surface area contributed by atoms with Crippen molar-refractivity contribution in [1.82, 2.24) is 5.43 Å². The topological polar surface area (TPSA) is 50.7 Å². The molecule has 1 N–H and O–H groups in total. The van der Waals surface area contributed by atoms with Crippen LogP contribution in [0.15, 0.2) is 53.6 Å². The van der Waals surface area contributed by atoms with Gasteiger partial charge in [-0.3, -0.25) is 4.79 Å². The first-order valence-corrected chi connectivity index (χ1v) is 7.17. The molecular formula is C15H12FIN2O2. The standard InChI is InChI=1S/C15H12FIN2O2/c16-12-3-1-2-11(8-12)9-18-19-15(20)10-21-14-6-4-13(17)5-7-14/h1-9H,10H2,(H,19,20)/b18-9+. The third-order valence-corrected chi connectivity index (χ3v) is 3.15. The van der Waals surface area contributed by atoms with Crippen LogP contribution in [0.2, 0.25) is 0 Å². The van der Waals surface area contributed by atoms with Crippen molar-refractivity contribution >= 4 is 34.7 Å². The van der Waals surface area contributed by atoms with Crippen LogP contribution in [0.5, 0.6) is 5.75 Å². The molecule has 0 fully saturated rings. The first-order valence-electron chi connectivity index (χ1n) is 6.09. The van der Waals surface area contributed by atoms with Crippen molar-refractivity contribution in [2.75, 3.05) is 6.61 Å². The predicted molar refractivity (Wildman–Crippen MR) is 86.8 cm³/mol. The van der Waals surface area contributed by atoms with Crippen LogP contribution in [0, 0.1) is 9.39 Å². The number of hydrogen-bond donors (Lipinski definition) is 1. The normalized spacial score (nSPS) is 10.6. The zero-order chi connectivity index (χ0) is 15.1. The highest BCUT2D eigenvalue weighted by atomic mass is 127. The molecule has 0 bridgehead atoms. The van der Waals surface area contributed by atoms with Gasteiger partial charge in [-0.15, -0.1) is 0 Å². The van der Waals surface area contributed by atoms with Gasteiger partial charge in [-0.1, -0.05) is 12.1 Å². The van der Waals surface area contributed by atoms with E-state index in [0.717, 1.165) is 3.57 Å². The first kappa shape index (κ1) is 15.4. The summed E-state index contributed by atoms with van der Waals surface area (Å²) in [5, 5.41) is 3.74. The number of rotatable bonds is 5. The number of benzene rings is 2. The van der Waals surface area contributed by atoms with Crippen LogP contribution in [-0.4, -0.2) is 18.7 Å². The van der Waals surface area contributed by atoms with Gasteiger partial charge in [0.2, 0.25) is 0 Å². The van der Waals surface area contributed by atoms with Crippen LogP contribution in [0.25, 0.3) is 0 Å². The number of carbonyl (C=O) groups is 1. The summed E-state index contributed by atoms with van der Waals surface area (Å²) in [5.74, 6) is -0.131. The molecule has 4 nitrogen and oxygen atoms in total. The van der Waals surface area contributed by atoms with E-state index < -0.39 is 0 Å². The van der Waals surface area contributed by atoms with E-state index in [1.165, 1.54) is 18.3 Å². The van der Waals surface area contributed by atoms with Gasteiger partial charge in [-0.25, -0.2) is 9.82 Å². The fraction of sp³-hybridized carbons (Fsp3) is 0.0667. The van der Waals surface area contributed by atoms with Crippen molar-refractivity contribution in [2.45, 2.75) is 0 Å². The lowest BCUT2D eigenvalue weighted by atomic mass is 10.2. The van der Waals surface area contributed by atoms with E-state index in [4.69, 9.17) is 4.74 Å². The highest BCUT2D eigenvalue weighted by Crippen LogP contribution is 2.13.